The summed E-state index contributed by atoms with van der Waals surface area (Å²) in [6.45, 7) is 1.54. The second-order valence-electron chi connectivity index (χ2n) is 5.38. The molecule has 1 saturated heterocycles. The third-order valence-electron chi connectivity index (χ3n) is 4.15. The molecule has 6 nitrogen and oxygen atoms in total. The number of nitrogens with zero attached hydrogens (tertiary/aromatic N) is 1. The number of likely N-dealkylation sites (tertiary alicyclic amines) is 1. The zero-order valence-corrected chi connectivity index (χ0v) is 12.0. The molecule has 2 rings (SSSR count). The maximum atomic E-state index is 12.9. The quantitative estimate of drug-likeness (QED) is 0.888. The van der Waals surface area contributed by atoms with Gasteiger partial charge in [0.25, 0.3) is 0 Å². The number of carbonyl (C=O) groups is 3. The predicted molar refractivity (Wildman–Crippen MR) is 73.7 cm³/mol. The molecule has 1 heterocycles. The molecule has 1 fully saturated rings. The van der Waals surface area contributed by atoms with Crippen molar-refractivity contribution in [3.05, 3.63) is 35.6 Å². The van der Waals surface area contributed by atoms with E-state index in [0.29, 0.717) is 10.5 Å². The summed E-state index contributed by atoms with van der Waals surface area (Å²) in [5.41, 5.74) is -1.07. The molecule has 2 atom stereocenters. The normalized spacial score (nSPS) is 24.5. The summed E-state index contributed by atoms with van der Waals surface area (Å²) >= 11 is 0. The summed E-state index contributed by atoms with van der Waals surface area (Å²) in [6, 6.07) is 5.49. The van der Waals surface area contributed by atoms with Crippen molar-refractivity contribution in [1.82, 2.24) is 4.90 Å². The lowest BCUT2D eigenvalue weighted by molar-refractivity contribution is -0.152. The number of aliphatic carboxylic acids is 1. The second kappa shape index (κ2) is 5.75. The van der Waals surface area contributed by atoms with Crippen molar-refractivity contribution in [2.24, 2.45) is 5.92 Å². The molecule has 7 heteroatoms. The van der Waals surface area contributed by atoms with Crippen LogP contribution in [0.3, 0.4) is 0 Å². The minimum absolute atomic E-state index is 0.000289. The van der Waals surface area contributed by atoms with Crippen LogP contribution in [0.4, 0.5) is 9.18 Å². The van der Waals surface area contributed by atoms with E-state index >= 15 is 0 Å². The molecular weight excluding hydrogens is 293 g/mol. The van der Waals surface area contributed by atoms with E-state index in [1.807, 2.05) is 0 Å². The molecule has 1 aliphatic heterocycles. The van der Waals surface area contributed by atoms with Gasteiger partial charge in [0.05, 0.1) is 0 Å². The Morgan fingerprint density at radius 1 is 1.32 bits per heavy atom. The van der Waals surface area contributed by atoms with Crippen LogP contribution in [0.15, 0.2) is 24.3 Å². The van der Waals surface area contributed by atoms with Crippen molar-refractivity contribution in [2.75, 3.05) is 0 Å². The van der Waals surface area contributed by atoms with E-state index in [4.69, 9.17) is 0 Å². The van der Waals surface area contributed by atoms with Gasteiger partial charge in [-0.1, -0.05) is 19.1 Å². The van der Waals surface area contributed by atoms with Crippen molar-refractivity contribution in [3.8, 4) is 0 Å². The number of carboxylic acids is 1. The van der Waals surface area contributed by atoms with Gasteiger partial charge < -0.3 is 10.2 Å². The Morgan fingerprint density at radius 3 is 2.32 bits per heavy atom. The van der Waals surface area contributed by atoms with E-state index in [1.165, 1.54) is 31.2 Å². The third-order valence-corrected chi connectivity index (χ3v) is 4.15. The van der Waals surface area contributed by atoms with Crippen molar-refractivity contribution in [3.63, 3.8) is 0 Å². The van der Waals surface area contributed by atoms with E-state index in [9.17, 15) is 29.0 Å². The van der Waals surface area contributed by atoms with Gasteiger partial charge in [0.2, 0.25) is 5.91 Å². The molecule has 0 radical (unpaired) electrons. The Bertz CT molecular complexity index is 615. The first-order chi connectivity index (χ1) is 10.3. The number of carbonyl (C=O) groups excluding carboxylic acids is 1. The molecule has 22 heavy (non-hydrogen) atoms. The third kappa shape index (κ3) is 2.54. The highest BCUT2D eigenvalue weighted by atomic mass is 19.1. The average molecular weight is 309 g/mol. The summed E-state index contributed by atoms with van der Waals surface area (Å²) < 4.78 is 12.9. The van der Waals surface area contributed by atoms with Gasteiger partial charge in [-0.3, -0.25) is 4.79 Å². The lowest BCUT2D eigenvalue weighted by atomic mass is 9.87. The van der Waals surface area contributed by atoms with E-state index in [0.717, 1.165) is 0 Å². The molecule has 1 aliphatic rings. The van der Waals surface area contributed by atoms with Gasteiger partial charge in [-0.2, -0.15) is 0 Å². The number of hydrogen-bond acceptors (Lipinski definition) is 3. The summed E-state index contributed by atoms with van der Waals surface area (Å²) in [5.74, 6) is -3.21. The van der Waals surface area contributed by atoms with Gasteiger partial charge in [-0.15, -0.1) is 0 Å². The molecule has 118 valence electrons. The zero-order valence-electron chi connectivity index (χ0n) is 12.0. The first kappa shape index (κ1) is 15.9. The maximum Gasteiger partial charge on any atom is 0.415 e. The summed E-state index contributed by atoms with van der Waals surface area (Å²) in [7, 11) is 0. The molecule has 0 saturated carbocycles. The van der Waals surface area contributed by atoms with Crippen LogP contribution in [0.1, 0.15) is 25.3 Å². The topological polar surface area (TPSA) is 94.9 Å². The van der Waals surface area contributed by atoms with E-state index in [1.54, 1.807) is 0 Å². The Labute approximate surface area is 126 Å². The van der Waals surface area contributed by atoms with Crippen molar-refractivity contribution >= 4 is 18.0 Å². The van der Waals surface area contributed by atoms with E-state index in [2.05, 4.69) is 0 Å². The summed E-state index contributed by atoms with van der Waals surface area (Å²) in [5, 5.41) is 18.6. The fourth-order valence-electron chi connectivity index (χ4n) is 2.96. The minimum atomic E-state index is -1.73. The van der Waals surface area contributed by atoms with Crippen LogP contribution < -0.4 is 0 Å². The molecule has 2 unspecified atom stereocenters. The number of amides is 2. The van der Waals surface area contributed by atoms with Gasteiger partial charge in [0.1, 0.15) is 5.82 Å². The fourth-order valence-corrected chi connectivity index (χ4v) is 2.96. The Balaban J connectivity index is 2.31. The summed E-state index contributed by atoms with van der Waals surface area (Å²) in [4.78, 5) is 35.6. The van der Waals surface area contributed by atoms with Gasteiger partial charge in [0.15, 0.2) is 5.54 Å². The maximum absolute atomic E-state index is 12.9. The number of imide groups is 1. The molecule has 0 aromatic heterocycles. The highest BCUT2D eigenvalue weighted by Crippen LogP contribution is 2.39. The smallest absolute Gasteiger partial charge is 0.415 e. The number of benzene rings is 1. The number of hydrogen-bond donors (Lipinski definition) is 2. The van der Waals surface area contributed by atoms with Crippen LogP contribution in [0.25, 0.3) is 0 Å². The van der Waals surface area contributed by atoms with Crippen molar-refractivity contribution in [2.45, 2.75) is 31.7 Å². The number of carboxylic acid groups (broad SMARTS) is 2. The predicted octanol–water partition coefficient (Wildman–Crippen LogP) is 2.13. The standard InChI is InChI=1S/C15H16FNO5/c1-2-15(13(19)20)8-10(12(18)17(15)14(21)22)7-9-3-5-11(16)6-4-9/h3-6,10H,2,7-8H2,1H3,(H,19,20)(H,21,22). The zero-order chi connectivity index (χ0) is 16.5. The van der Waals surface area contributed by atoms with Gasteiger partial charge in [-0.25, -0.2) is 18.9 Å². The molecule has 0 spiro atoms. The highest BCUT2D eigenvalue weighted by molar-refractivity contribution is 6.02. The van der Waals surface area contributed by atoms with Gasteiger partial charge >= 0.3 is 12.1 Å². The Hall–Kier alpha value is -2.44. The van der Waals surface area contributed by atoms with Crippen molar-refractivity contribution in [1.29, 1.82) is 0 Å². The molecule has 0 aliphatic carbocycles. The second-order valence-corrected chi connectivity index (χ2v) is 5.38. The van der Waals surface area contributed by atoms with E-state index < -0.39 is 35.2 Å². The average Bonchev–Trinajstić information content (AvgIpc) is 2.75. The highest BCUT2D eigenvalue weighted by Gasteiger charge is 2.57. The van der Waals surface area contributed by atoms with Crippen LogP contribution in [0.2, 0.25) is 0 Å². The Morgan fingerprint density at radius 2 is 1.91 bits per heavy atom. The lowest BCUT2D eigenvalue weighted by Gasteiger charge is -2.29. The molecule has 1 aromatic carbocycles. The van der Waals surface area contributed by atoms with Crippen LogP contribution in [0.5, 0.6) is 0 Å². The first-order valence-corrected chi connectivity index (χ1v) is 6.86. The fraction of sp³-hybridized carbons (Fsp3) is 0.400. The van der Waals surface area contributed by atoms with Crippen LogP contribution in [-0.4, -0.2) is 38.6 Å². The molecular formula is C15H16FNO5. The first-order valence-electron chi connectivity index (χ1n) is 6.86. The molecule has 0 bridgehead atoms. The SMILES string of the molecule is CCC1(C(=O)O)CC(Cc2ccc(F)cc2)C(=O)N1C(=O)O. The number of rotatable bonds is 4. The molecule has 1 aromatic rings. The lowest BCUT2D eigenvalue weighted by Crippen LogP contribution is -2.53. The van der Waals surface area contributed by atoms with Crippen LogP contribution >= 0.6 is 0 Å². The van der Waals surface area contributed by atoms with Crippen molar-refractivity contribution < 1.29 is 29.0 Å². The summed E-state index contributed by atoms with van der Waals surface area (Å²) in [6.07, 6.45) is -1.46. The van der Waals surface area contributed by atoms with Gasteiger partial charge in [-0.05, 0) is 37.0 Å². The van der Waals surface area contributed by atoms with E-state index in [-0.39, 0.29) is 19.3 Å². The Kier molecular flexibility index (Phi) is 4.16. The monoisotopic (exact) mass is 309 g/mol. The number of halogens is 1. The van der Waals surface area contributed by atoms with Crippen LogP contribution in [0, 0.1) is 11.7 Å². The van der Waals surface area contributed by atoms with Crippen LogP contribution in [-0.2, 0) is 16.0 Å². The van der Waals surface area contributed by atoms with Gasteiger partial charge in [0, 0.05) is 5.92 Å². The molecule has 2 amide bonds. The minimum Gasteiger partial charge on any atom is -0.479 e. The molecule has 2 N–H and O–H groups in total. The largest absolute Gasteiger partial charge is 0.479 e.